The quantitative estimate of drug-likeness (QED) is 0.744. The van der Waals surface area contributed by atoms with E-state index in [1.165, 1.54) is 30.2 Å². The number of hydrogen-bond donors (Lipinski definition) is 0. The first-order valence-corrected chi connectivity index (χ1v) is 5.75. The molecular weight excluding hydrogens is 184 g/mol. The molecule has 0 bridgehead atoms. The summed E-state index contributed by atoms with van der Waals surface area (Å²) in [6, 6.07) is 4.31. The van der Waals surface area contributed by atoms with Gasteiger partial charge in [0.2, 0.25) is 0 Å². The second kappa shape index (κ2) is 3.37. The first kappa shape index (κ1) is 8.96. The van der Waals surface area contributed by atoms with Crippen molar-refractivity contribution in [2.24, 2.45) is 5.92 Å². The van der Waals surface area contributed by atoms with E-state index in [4.69, 9.17) is 0 Å². The van der Waals surface area contributed by atoms with Crippen molar-refractivity contribution in [2.75, 3.05) is 0 Å². The van der Waals surface area contributed by atoms with Gasteiger partial charge in [-0.15, -0.1) is 0 Å². The standard InChI is InChI=1S/C13H16N2/c1-10-12-6-9-15(8-5-11-2-3-11)13(12)4-7-14-10/h4,6-7,9,11H,2-3,5,8H2,1H3. The van der Waals surface area contributed by atoms with E-state index in [1.807, 2.05) is 6.20 Å². The fourth-order valence-corrected chi connectivity index (χ4v) is 2.19. The Bertz CT molecular complexity index is 480. The monoisotopic (exact) mass is 200 g/mol. The Morgan fingerprint density at radius 3 is 3.07 bits per heavy atom. The molecule has 15 heavy (non-hydrogen) atoms. The van der Waals surface area contributed by atoms with Crippen molar-refractivity contribution in [1.29, 1.82) is 0 Å². The van der Waals surface area contributed by atoms with Crippen molar-refractivity contribution < 1.29 is 0 Å². The molecule has 2 aromatic heterocycles. The van der Waals surface area contributed by atoms with Gasteiger partial charge in [0.05, 0.1) is 5.52 Å². The predicted octanol–water partition coefficient (Wildman–Crippen LogP) is 3.14. The summed E-state index contributed by atoms with van der Waals surface area (Å²) < 4.78 is 2.36. The van der Waals surface area contributed by atoms with Crippen molar-refractivity contribution in [2.45, 2.75) is 32.7 Å². The normalized spacial score (nSPS) is 16.1. The lowest BCUT2D eigenvalue weighted by Gasteiger charge is -2.04. The Labute approximate surface area is 89.9 Å². The number of hydrogen-bond acceptors (Lipinski definition) is 1. The molecule has 0 aliphatic heterocycles. The van der Waals surface area contributed by atoms with E-state index < -0.39 is 0 Å². The van der Waals surface area contributed by atoms with Gasteiger partial charge in [-0.2, -0.15) is 0 Å². The molecule has 0 saturated heterocycles. The lowest BCUT2D eigenvalue weighted by Crippen LogP contribution is -1.97. The molecule has 0 atom stereocenters. The number of pyridine rings is 1. The number of fused-ring (bicyclic) bond motifs is 1. The molecule has 2 heteroatoms. The van der Waals surface area contributed by atoms with Gasteiger partial charge in [0.15, 0.2) is 0 Å². The smallest absolute Gasteiger partial charge is 0.0514 e. The van der Waals surface area contributed by atoms with E-state index in [9.17, 15) is 0 Å². The van der Waals surface area contributed by atoms with Crippen LogP contribution in [0.5, 0.6) is 0 Å². The molecule has 0 amide bonds. The third-order valence-electron chi connectivity index (χ3n) is 3.37. The van der Waals surface area contributed by atoms with Crippen molar-refractivity contribution >= 4 is 10.9 Å². The Kier molecular flexibility index (Phi) is 2.01. The third-order valence-corrected chi connectivity index (χ3v) is 3.37. The van der Waals surface area contributed by atoms with E-state index >= 15 is 0 Å². The van der Waals surface area contributed by atoms with Gasteiger partial charge in [0.1, 0.15) is 0 Å². The lowest BCUT2D eigenvalue weighted by molar-refractivity contribution is 0.611. The van der Waals surface area contributed by atoms with Crippen LogP contribution >= 0.6 is 0 Å². The summed E-state index contributed by atoms with van der Waals surface area (Å²) in [6.45, 7) is 3.24. The van der Waals surface area contributed by atoms with Crippen molar-refractivity contribution in [1.82, 2.24) is 9.55 Å². The van der Waals surface area contributed by atoms with Crippen molar-refractivity contribution in [3.8, 4) is 0 Å². The Balaban J connectivity index is 1.92. The summed E-state index contributed by atoms with van der Waals surface area (Å²) >= 11 is 0. The Hall–Kier alpha value is -1.31. The molecule has 78 valence electrons. The van der Waals surface area contributed by atoms with Crippen LogP contribution in [0.1, 0.15) is 25.0 Å². The second-order valence-electron chi connectivity index (χ2n) is 4.57. The van der Waals surface area contributed by atoms with Crippen LogP contribution in [0.4, 0.5) is 0 Å². The number of aromatic nitrogens is 2. The van der Waals surface area contributed by atoms with Gasteiger partial charge in [0, 0.05) is 30.0 Å². The van der Waals surface area contributed by atoms with Gasteiger partial charge >= 0.3 is 0 Å². The maximum atomic E-state index is 4.31. The highest BCUT2D eigenvalue weighted by Crippen LogP contribution is 2.33. The molecule has 0 N–H and O–H groups in total. The molecule has 0 spiro atoms. The largest absolute Gasteiger partial charge is 0.347 e. The maximum Gasteiger partial charge on any atom is 0.0514 e. The number of aryl methyl sites for hydroxylation is 2. The first-order valence-electron chi connectivity index (χ1n) is 5.75. The topological polar surface area (TPSA) is 17.8 Å². The molecular formula is C13H16N2. The minimum absolute atomic E-state index is 1.00. The van der Waals surface area contributed by atoms with Crippen LogP contribution in [0.3, 0.4) is 0 Å². The zero-order valence-corrected chi connectivity index (χ0v) is 9.11. The molecule has 1 saturated carbocycles. The maximum absolute atomic E-state index is 4.31. The van der Waals surface area contributed by atoms with Gasteiger partial charge in [-0.3, -0.25) is 4.98 Å². The molecule has 2 heterocycles. The van der Waals surface area contributed by atoms with Gasteiger partial charge < -0.3 is 4.57 Å². The summed E-state index contributed by atoms with van der Waals surface area (Å²) in [5.74, 6) is 1.00. The fourth-order valence-electron chi connectivity index (χ4n) is 2.19. The van der Waals surface area contributed by atoms with Crippen LogP contribution in [0, 0.1) is 12.8 Å². The molecule has 3 rings (SSSR count). The summed E-state index contributed by atoms with van der Waals surface area (Å²) in [7, 11) is 0. The summed E-state index contributed by atoms with van der Waals surface area (Å²) in [5, 5.41) is 1.30. The van der Waals surface area contributed by atoms with Gasteiger partial charge in [-0.25, -0.2) is 0 Å². The molecule has 0 unspecified atom stereocenters. The van der Waals surface area contributed by atoms with Gasteiger partial charge in [0.25, 0.3) is 0 Å². The van der Waals surface area contributed by atoms with Crippen LogP contribution in [0.2, 0.25) is 0 Å². The minimum atomic E-state index is 1.00. The summed E-state index contributed by atoms with van der Waals surface area (Å²) in [4.78, 5) is 4.31. The zero-order valence-electron chi connectivity index (χ0n) is 9.11. The number of rotatable bonds is 3. The third kappa shape index (κ3) is 1.65. The highest BCUT2D eigenvalue weighted by molar-refractivity contribution is 5.81. The van der Waals surface area contributed by atoms with Crippen molar-refractivity contribution in [3.05, 3.63) is 30.2 Å². The number of nitrogens with zero attached hydrogens (tertiary/aromatic N) is 2. The predicted molar refractivity (Wildman–Crippen MR) is 61.8 cm³/mol. The Morgan fingerprint density at radius 2 is 2.27 bits per heavy atom. The molecule has 0 aromatic carbocycles. The van der Waals surface area contributed by atoms with Crippen LogP contribution in [-0.4, -0.2) is 9.55 Å². The van der Waals surface area contributed by atoms with Crippen molar-refractivity contribution in [3.63, 3.8) is 0 Å². The SMILES string of the molecule is Cc1nccc2c1ccn2CCC1CC1. The van der Waals surface area contributed by atoms with Gasteiger partial charge in [-0.05, 0) is 31.4 Å². The average molecular weight is 200 g/mol. The molecule has 0 radical (unpaired) electrons. The zero-order chi connectivity index (χ0) is 10.3. The lowest BCUT2D eigenvalue weighted by atomic mass is 10.2. The molecule has 1 aliphatic carbocycles. The minimum Gasteiger partial charge on any atom is -0.347 e. The van der Waals surface area contributed by atoms with Crippen LogP contribution in [0.15, 0.2) is 24.5 Å². The first-order chi connectivity index (χ1) is 7.34. The fraction of sp³-hybridized carbons (Fsp3) is 0.462. The summed E-state index contributed by atoms with van der Waals surface area (Å²) in [5.41, 5.74) is 2.47. The van der Waals surface area contributed by atoms with Gasteiger partial charge in [-0.1, -0.05) is 12.8 Å². The summed E-state index contributed by atoms with van der Waals surface area (Å²) in [6.07, 6.45) is 8.33. The van der Waals surface area contributed by atoms with E-state index in [2.05, 4.69) is 34.8 Å². The highest BCUT2D eigenvalue weighted by Gasteiger charge is 2.20. The van der Waals surface area contributed by atoms with E-state index in [0.29, 0.717) is 0 Å². The second-order valence-corrected chi connectivity index (χ2v) is 4.57. The molecule has 2 aromatic rings. The Morgan fingerprint density at radius 1 is 1.40 bits per heavy atom. The van der Waals surface area contributed by atoms with Crippen LogP contribution in [0.25, 0.3) is 10.9 Å². The van der Waals surface area contributed by atoms with Crippen LogP contribution < -0.4 is 0 Å². The molecule has 2 nitrogen and oxygen atoms in total. The average Bonchev–Trinajstić information content (AvgIpc) is 2.97. The van der Waals surface area contributed by atoms with E-state index in [1.54, 1.807) is 0 Å². The van der Waals surface area contributed by atoms with E-state index in [-0.39, 0.29) is 0 Å². The van der Waals surface area contributed by atoms with E-state index in [0.717, 1.165) is 18.2 Å². The molecule has 1 aliphatic rings. The molecule has 1 fully saturated rings. The van der Waals surface area contributed by atoms with Crippen LogP contribution in [-0.2, 0) is 6.54 Å². The highest BCUT2D eigenvalue weighted by atomic mass is 15.0.